The van der Waals surface area contributed by atoms with E-state index in [1.807, 2.05) is 26.8 Å². The summed E-state index contributed by atoms with van der Waals surface area (Å²) in [6, 6.07) is 0.449. The Bertz CT molecular complexity index is 160. The first kappa shape index (κ1) is 13.7. The molecule has 2 unspecified atom stereocenters. The number of aliphatic hydroxyl groups is 1. The van der Waals surface area contributed by atoms with Gasteiger partial charge < -0.3 is 10.4 Å². The molecule has 0 saturated heterocycles. The summed E-state index contributed by atoms with van der Waals surface area (Å²) >= 11 is 0. The third-order valence-electron chi connectivity index (χ3n) is 2.46. The van der Waals surface area contributed by atoms with Crippen molar-refractivity contribution in [2.75, 3.05) is 6.54 Å². The van der Waals surface area contributed by atoms with E-state index in [1.165, 1.54) is 0 Å². The molecule has 0 saturated carbocycles. The smallest absolute Gasteiger partial charge is 0.0712 e. The van der Waals surface area contributed by atoms with Crippen LogP contribution in [0.2, 0.25) is 0 Å². The van der Waals surface area contributed by atoms with E-state index in [-0.39, 0.29) is 11.5 Å². The highest BCUT2D eigenvalue weighted by atomic mass is 16.3. The van der Waals surface area contributed by atoms with Crippen LogP contribution in [0.15, 0.2) is 12.7 Å². The molecule has 0 aliphatic carbocycles. The van der Waals surface area contributed by atoms with Crippen LogP contribution in [-0.4, -0.2) is 23.8 Å². The van der Waals surface area contributed by atoms with Gasteiger partial charge in [-0.1, -0.05) is 26.8 Å². The summed E-state index contributed by atoms with van der Waals surface area (Å²) in [6.45, 7) is 12.6. The van der Waals surface area contributed by atoms with Crippen molar-refractivity contribution in [3.05, 3.63) is 12.7 Å². The van der Waals surface area contributed by atoms with Gasteiger partial charge in [-0.05, 0) is 25.2 Å². The zero-order valence-electron chi connectivity index (χ0n) is 10.0. The average molecular weight is 199 g/mol. The van der Waals surface area contributed by atoms with Gasteiger partial charge in [0.15, 0.2) is 0 Å². The van der Waals surface area contributed by atoms with Gasteiger partial charge in [0.2, 0.25) is 0 Å². The third kappa shape index (κ3) is 6.17. The van der Waals surface area contributed by atoms with Crippen molar-refractivity contribution in [1.29, 1.82) is 0 Å². The van der Waals surface area contributed by atoms with Crippen LogP contribution in [0.4, 0.5) is 0 Å². The molecule has 2 heteroatoms. The fraction of sp³-hybridized carbons (Fsp3) is 0.833. The first-order chi connectivity index (χ1) is 6.38. The van der Waals surface area contributed by atoms with Gasteiger partial charge in [0.1, 0.15) is 0 Å². The van der Waals surface area contributed by atoms with Gasteiger partial charge in [-0.3, -0.25) is 0 Å². The summed E-state index contributed by atoms with van der Waals surface area (Å²) in [5.41, 5.74) is -0.0366. The molecular weight excluding hydrogens is 174 g/mol. The number of rotatable bonds is 6. The van der Waals surface area contributed by atoms with Gasteiger partial charge in [-0.15, -0.1) is 6.58 Å². The first-order valence-corrected chi connectivity index (χ1v) is 5.40. The Kier molecular flexibility index (Phi) is 6.05. The highest BCUT2D eigenvalue weighted by Gasteiger charge is 2.21. The monoisotopic (exact) mass is 199 g/mol. The van der Waals surface area contributed by atoms with E-state index in [0.29, 0.717) is 12.6 Å². The molecule has 0 rings (SSSR count). The van der Waals surface area contributed by atoms with Crippen molar-refractivity contribution in [3.8, 4) is 0 Å². The lowest BCUT2D eigenvalue weighted by atomic mass is 9.89. The van der Waals surface area contributed by atoms with Gasteiger partial charge in [0.25, 0.3) is 0 Å². The normalized spacial score (nSPS) is 16.4. The third-order valence-corrected chi connectivity index (χ3v) is 2.46. The topological polar surface area (TPSA) is 32.3 Å². The molecule has 2 N–H and O–H groups in total. The van der Waals surface area contributed by atoms with Gasteiger partial charge in [-0.2, -0.15) is 0 Å². The number of aliphatic hydroxyl groups excluding tert-OH is 1. The molecule has 2 atom stereocenters. The van der Waals surface area contributed by atoms with Crippen LogP contribution in [0.1, 0.15) is 40.5 Å². The Labute approximate surface area is 88.4 Å². The second-order valence-electron chi connectivity index (χ2n) is 5.06. The summed E-state index contributed by atoms with van der Waals surface area (Å²) in [5, 5.41) is 13.1. The fourth-order valence-electron chi connectivity index (χ4n) is 1.09. The van der Waals surface area contributed by atoms with Crippen LogP contribution in [0.25, 0.3) is 0 Å². The Morgan fingerprint density at radius 2 is 2.00 bits per heavy atom. The molecule has 0 aromatic heterocycles. The largest absolute Gasteiger partial charge is 0.391 e. The summed E-state index contributed by atoms with van der Waals surface area (Å²) in [4.78, 5) is 0. The maximum Gasteiger partial charge on any atom is 0.0712 e. The predicted octanol–water partition coefficient (Wildman–Crippen LogP) is 2.34. The van der Waals surface area contributed by atoms with E-state index < -0.39 is 0 Å². The molecule has 0 amide bonds. The van der Waals surface area contributed by atoms with Gasteiger partial charge in [0.05, 0.1) is 6.10 Å². The van der Waals surface area contributed by atoms with E-state index >= 15 is 0 Å². The molecule has 0 aromatic carbocycles. The fourth-order valence-corrected chi connectivity index (χ4v) is 1.09. The summed E-state index contributed by atoms with van der Waals surface area (Å²) in [7, 11) is 0. The standard InChI is InChI=1S/C12H25NO/c1-6-7-8-10(2)13-9-11(14)12(3,4)5/h6,10-11,13-14H,1,7-9H2,2-5H3. The maximum absolute atomic E-state index is 9.78. The minimum absolute atomic E-state index is 0.0366. The van der Waals surface area contributed by atoms with Crippen molar-refractivity contribution in [2.24, 2.45) is 5.41 Å². The SMILES string of the molecule is C=CCCC(C)NCC(O)C(C)(C)C. The van der Waals surface area contributed by atoms with E-state index in [1.54, 1.807) is 0 Å². The van der Waals surface area contributed by atoms with Crippen molar-refractivity contribution in [2.45, 2.75) is 52.7 Å². The molecule has 84 valence electrons. The molecular formula is C12H25NO. The molecule has 0 heterocycles. The van der Waals surface area contributed by atoms with Crippen LogP contribution in [0.5, 0.6) is 0 Å². The van der Waals surface area contributed by atoms with Gasteiger partial charge >= 0.3 is 0 Å². The van der Waals surface area contributed by atoms with Crippen LogP contribution in [0.3, 0.4) is 0 Å². The Hall–Kier alpha value is -0.340. The predicted molar refractivity (Wildman–Crippen MR) is 62.4 cm³/mol. The zero-order valence-corrected chi connectivity index (χ0v) is 10.0. The molecule has 0 aliphatic heterocycles. The van der Waals surface area contributed by atoms with Crippen LogP contribution >= 0.6 is 0 Å². The van der Waals surface area contributed by atoms with E-state index in [4.69, 9.17) is 0 Å². The summed E-state index contributed by atoms with van der Waals surface area (Å²) in [5.74, 6) is 0. The number of hydrogen-bond acceptors (Lipinski definition) is 2. The van der Waals surface area contributed by atoms with Crippen molar-refractivity contribution >= 4 is 0 Å². The van der Waals surface area contributed by atoms with Crippen molar-refractivity contribution < 1.29 is 5.11 Å². The minimum Gasteiger partial charge on any atom is -0.391 e. The number of nitrogens with one attached hydrogen (secondary N) is 1. The van der Waals surface area contributed by atoms with Gasteiger partial charge in [-0.25, -0.2) is 0 Å². The second-order valence-corrected chi connectivity index (χ2v) is 5.06. The highest BCUT2D eigenvalue weighted by molar-refractivity contribution is 4.77. The Balaban J connectivity index is 3.66. The molecule has 0 fully saturated rings. The summed E-state index contributed by atoms with van der Waals surface area (Å²) < 4.78 is 0. The molecule has 0 bridgehead atoms. The zero-order chi connectivity index (χ0) is 11.2. The van der Waals surface area contributed by atoms with Gasteiger partial charge in [0, 0.05) is 12.6 Å². The van der Waals surface area contributed by atoms with E-state index in [9.17, 15) is 5.11 Å². The molecule has 2 nitrogen and oxygen atoms in total. The van der Waals surface area contributed by atoms with Crippen LogP contribution < -0.4 is 5.32 Å². The summed E-state index contributed by atoms with van der Waals surface area (Å²) in [6.07, 6.45) is 3.76. The average Bonchev–Trinajstić information content (AvgIpc) is 2.09. The van der Waals surface area contributed by atoms with Crippen molar-refractivity contribution in [1.82, 2.24) is 5.32 Å². The molecule has 0 aromatic rings. The lowest BCUT2D eigenvalue weighted by molar-refractivity contribution is 0.0607. The molecule has 14 heavy (non-hydrogen) atoms. The maximum atomic E-state index is 9.78. The number of hydrogen-bond donors (Lipinski definition) is 2. The molecule has 0 spiro atoms. The van der Waals surface area contributed by atoms with Crippen molar-refractivity contribution in [3.63, 3.8) is 0 Å². The first-order valence-electron chi connectivity index (χ1n) is 5.40. The molecule has 0 radical (unpaired) electrons. The minimum atomic E-state index is -0.284. The van der Waals surface area contributed by atoms with Crippen LogP contribution in [0, 0.1) is 5.41 Å². The molecule has 0 aliphatic rings. The Morgan fingerprint density at radius 1 is 1.43 bits per heavy atom. The quantitative estimate of drug-likeness (QED) is 0.644. The van der Waals surface area contributed by atoms with E-state index in [2.05, 4.69) is 18.8 Å². The number of allylic oxidation sites excluding steroid dienone is 1. The van der Waals surface area contributed by atoms with Crippen LogP contribution in [-0.2, 0) is 0 Å². The second kappa shape index (κ2) is 6.20. The highest BCUT2D eigenvalue weighted by Crippen LogP contribution is 2.18. The Morgan fingerprint density at radius 3 is 2.43 bits per heavy atom. The lowest BCUT2D eigenvalue weighted by Gasteiger charge is -2.27. The van der Waals surface area contributed by atoms with E-state index in [0.717, 1.165) is 12.8 Å². The lowest BCUT2D eigenvalue weighted by Crippen LogP contribution is -2.40.